The highest BCUT2D eigenvalue weighted by molar-refractivity contribution is 7.13. The van der Waals surface area contributed by atoms with E-state index in [1.165, 1.54) is 17.4 Å². The van der Waals surface area contributed by atoms with E-state index in [0.29, 0.717) is 15.9 Å². The van der Waals surface area contributed by atoms with Crippen molar-refractivity contribution in [2.75, 3.05) is 0 Å². The second-order valence-electron chi connectivity index (χ2n) is 4.49. The molecule has 0 aliphatic carbocycles. The van der Waals surface area contributed by atoms with Crippen LogP contribution in [0.4, 0.5) is 8.78 Å². The maximum Gasteiger partial charge on any atom is 0.168 e. The van der Waals surface area contributed by atoms with Gasteiger partial charge in [-0.1, -0.05) is 42.4 Å². The molecule has 0 spiro atoms. The lowest BCUT2D eigenvalue weighted by atomic mass is 9.94. The van der Waals surface area contributed by atoms with E-state index in [9.17, 15) is 8.78 Å². The third-order valence-electron chi connectivity index (χ3n) is 3.06. The first-order valence-corrected chi connectivity index (χ1v) is 7.21. The van der Waals surface area contributed by atoms with E-state index >= 15 is 0 Å². The maximum absolute atomic E-state index is 14.2. The lowest BCUT2D eigenvalue weighted by molar-refractivity contribution is 0.509. The summed E-state index contributed by atoms with van der Waals surface area (Å²) in [6, 6.07) is 6.74. The fourth-order valence-corrected chi connectivity index (χ4v) is 2.60. The molecule has 0 N–H and O–H groups in total. The summed E-state index contributed by atoms with van der Waals surface area (Å²) in [5.41, 5.74) is 1.56. The predicted molar refractivity (Wildman–Crippen MR) is 87.4 cm³/mol. The van der Waals surface area contributed by atoms with E-state index in [1.807, 2.05) is 5.38 Å². The molecule has 0 amide bonds. The van der Waals surface area contributed by atoms with E-state index in [2.05, 4.69) is 6.58 Å². The Morgan fingerprint density at radius 3 is 2.57 bits per heavy atom. The molecule has 0 aliphatic rings. The molecule has 0 nitrogen and oxygen atoms in total. The van der Waals surface area contributed by atoms with Crippen LogP contribution in [0.15, 0.2) is 59.9 Å². The van der Waals surface area contributed by atoms with Gasteiger partial charge in [0.15, 0.2) is 11.6 Å². The van der Waals surface area contributed by atoms with E-state index < -0.39 is 11.6 Å². The second kappa shape index (κ2) is 6.68. The van der Waals surface area contributed by atoms with Crippen molar-refractivity contribution in [3.05, 3.63) is 77.1 Å². The molecule has 21 heavy (non-hydrogen) atoms. The fourth-order valence-electron chi connectivity index (χ4n) is 1.86. The summed E-state index contributed by atoms with van der Waals surface area (Å²) >= 11 is 1.37. The quantitative estimate of drug-likeness (QED) is 0.528. The number of hydrogen-bond donors (Lipinski definition) is 0. The first-order valence-electron chi connectivity index (χ1n) is 6.33. The van der Waals surface area contributed by atoms with Crippen molar-refractivity contribution in [3.8, 4) is 10.4 Å². The summed E-state index contributed by atoms with van der Waals surface area (Å²) in [6.07, 6.45) is 4.73. The average Bonchev–Trinajstić information content (AvgIpc) is 3.01. The molecule has 0 aliphatic heterocycles. The monoisotopic (exact) mass is 298 g/mol. The molecule has 1 heterocycles. The minimum Gasteiger partial charge on any atom is -0.203 e. The predicted octanol–water partition coefficient (Wildman–Crippen LogP) is 5.34. The van der Waals surface area contributed by atoms with E-state index in [-0.39, 0.29) is 11.1 Å². The van der Waals surface area contributed by atoms with Gasteiger partial charge < -0.3 is 0 Å². The summed E-state index contributed by atoms with van der Waals surface area (Å²) in [5, 5.41) is 1.83. The third kappa shape index (κ3) is 3.39. The Hall–Kier alpha value is -1.94. The smallest absolute Gasteiger partial charge is 0.168 e. The molecule has 1 aromatic heterocycles. The van der Waals surface area contributed by atoms with Crippen molar-refractivity contribution in [3.63, 3.8) is 0 Å². The molecule has 0 bridgehead atoms. The molecule has 1 aromatic carbocycles. The van der Waals surface area contributed by atoms with Crippen molar-refractivity contribution < 1.29 is 8.78 Å². The fraction of sp³-hybridized carbons (Fsp3) is 0.0588. The molecule has 2 rings (SSSR count). The lowest BCUT2D eigenvalue weighted by Gasteiger charge is -2.07. The highest BCUT2D eigenvalue weighted by Crippen LogP contribution is 2.31. The Morgan fingerprint density at radius 2 is 1.95 bits per heavy atom. The Balaban J connectivity index is 2.44. The molecule has 104 valence electrons. The second-order valence-corrected chi connectivity index (χ2v) is 5.43. The van der Waals surface area contributed by atoms with Crippen LogP contribution in [0.25, 0.3) is 16.0 Å². The normalized spacial score (nSPS) is 12.5. The first-order chi connectivity index (χ1) is 10.0. The van der Waals surface area contributed by atoms with Gasteiger partial charge in [-0.3, -0.25) is 0 Å². The Kier molecular flexibility index (Phi) is 4.92. The van der Waals surface area contributed by atoms with Crippen LogP contribution in [0.1, 0.15) is 12.5 Å². The first kappa shape index (κ1) is 15.5. The van der Waals surface area contributed by atoms with Crippen LogP contribution in [-0.2, 0) is 0 Å². The molecular weight excluding hydrogens is 285 g/mol. The summed E-state index contributed by atoms with van der Waals surface area (Å²) < 4.78 is 28.4. The number of thiophene rings is 1. The third-order valence-corrected chi connectivity index (χ3v) is 3.96. The largest absolute Gasteiger partial charge is 0.203 e. The van der Waals surface area contributed by atoms with Gasteiger partial charge in [-0.05, 0) is 30.0 Å². The Bertz CT molecular complexity index is 713. The SMILES string of the molecule is [B]/C(C=C)=C/C=C(\C)c1ccc(-c2cccs2)c(F)c1F. The highest BCUT2D eigenvalue weighted by Gasteiger charge is 2.15. The summed E-state index contributed by atoms with van der Waals surface area (Å²) in [4.78, 5) is 0.704. The zero-order valence-electron chi connectivity index (χ0n) is 11.6. The minimum atomic E-state index is -0.847. The molecule has 0 atom stereocenters. The minimum absolute atomic E-state index is 0.223. The van der Waals surface area contributed by atoms with Gasteiger partial charge in [-0.25, -0.2) is 8.78 Å². The van der Waals surface area contributed by atoms with E-state index in [4.69, 9.17) is 7.85 Å². The van der Waals surface area contributed by atoms with Gasteiger partial charge in [-0.15, -0.1) is 11.3 Å². The van der Waals surface area contributed by atoms with Crippen LogP contribution in [0, 0.1) is 11.6 Å². The molecule has 2 radical (unpaired) electrons. The highest BCUT2D eigenvalue weighted by atomic mass is 32.1. The average molecular weight is 298 g/mol. The maximum atomic E-state index is 14.2. The van der Waals surface area contributed by atoms with Crippen molar-refractivity contribution >= 4 is 24.8 Å². The van der Waals surface area contributed by atoms with Crippen LogP contribution < -0.4 is 0 Å². The summed E-state index contributed by atoms with van der Waals surface area (Å²) in [7, 11) is 5.59. The lowest BCUT2D eigenvalue weighted by Crippen LogP contribution is -1.94. The summed E-state index contributed by atoms with van der Waals surface area (Å²) in [6.45, 7) is 5.23. The standard InChI is InChI=1S/C17H13BF2S/c1-3-12(18)7-6-11(2)13-8-9-14(17(20)16(13)19)15-5-4-10-21-15/h3-10H,1H2,2H3/b11-6+,12-7+. The Morgan fingerprint density at radius 1 is 1.19 bits per heavy atom. The summed E-state index contributed by atoms with van der Waals surface area (Å²) in [5.74, 6) is -1.68. The molecule has 0 saturated heterocycles. The Labute approximate surface area is 128 Å². The van der Waals surface area contributed by atoms with Gasteiger partial charge in [0.25, 0.3) is 0 Å². The number of benzene rings is 1. The van der Waals surface area contributed by atoms with Gasteiger partial charge in [0.05, 0.1) is 0 Å². The number of hydrogen-bond acceptors (Lipinski definition) is 1. The van der Waals surface area contributed by atoms with Gasteiger partial charge >= 0.3 is 0 Å². The number of allylic oxidation sites excluding steroid dienone is 5. The van der Waals surface area contributed by atoms with E-state index in [1.54, 1.807) is 43.3 Å². The van der Waals surface area contributed by atoms with Crippen molar-refractivity contribution in [1.29, 1.82) is 0 Å². The number of rotatable bonds is 4. The molecular formula is C17H13BF2S. The van der Waals surface area contributed by atoms with Gasteiger partial charge in [0.1, 0.15) is 7.85 Å². The molecule has 0 unspecified atom stereocenters. The van der Waals surface area contributed by atoms with Gasteiger partial charge in [-0.2, -0.15) is 0 Å². The van der Waals surface area contributed by atoms with Crippen molar-refractivity contribution in [1.82, 2.24) is 0 Å². The molecule has 4 heteroatoms. The zero-order chi connectivity index (χ0) is 15.4. The molecule has 0 saturated carbocycles. The van der Waals surface area contributed by atoms with E-state index in [0.717, 1.165) is 0 Å². The van der Waals surface area contributed by atoms with Gasteiger partial charge in [0, 0.05) is 16.0 Å². The van der Waals surface area contributed by atoms with Crippen LogP contribution >= 0.6 is 11.3 Å². The number of halogens is 2. The van der Waals surface area contributed by atoms with Crippen LogP contribution in [0.3, 0.4) is 0 Å². The van der Waals surface area contributed by atoms with Crippen LogP contribution in [0.2, 0.25) is 0 Å². The van der Waals surface area contributed by atoms with Gasteiger partial charge in [0.2, 0.25) is 0 Å². The van der Waals surface area contributed by atoms with Crippen LogP contribution in [0.5, 0.6) is 0 Å². The van der Waals surface area contributed by atoms with Crippen LogP contribution in [-0.4, -0.2) is 7.85 Å². The van der Waals surface area contributed by atoms with Crippen molar-refractivity contribution in [2.24, 2.45) is 0 Å². The molecule has 0 fully saturated rings. The molecule has 2 aromatic rings. The topological polar surface area (TPSA) is 0 Å². The zero-order valence-corrected chi connectivity index (χ0v) is 12.4. The van der Waals surface area contributed by atoms with Crippen molar-refractivity contribution in [2.45, 2.75) is 6.92 Å².